The van der Waals surface area contributed by atoms with Crippen molar-refractivity contribution in [1.29, 1.82) is 0 Å². The number of halogens is 3. The van der Waals surface area contributed by atoms with Crippen molar-refractivity contribution < 1.29 is 13.5 Å². The van der Waals surface area contributed by atoms with E-state index in [0.717, 1.165) is 28.2 Å². The quantitative estimate of drug-likeness (QED) is 0.340. The Kier molecular flexibility index (Phi) is 9.00. The molecule has 0 aromatic carbocycles. The standard InChI is InChI=1S/C19H27BrF2N4O/c1-2-16(26-10-13-5-6-13)18(23)15(20)12-27-19-14(4-3-8-25-19)7-9-24-11-17(21)22/h2-4,8,13,17,24,26H,5-7,9-12,23H2,1H3/b16-2+,18-15-. The molecule has 150 valence electrons. The summed E-state index contributed by atoms with van der Waals surface area (Å²) in [6.45, 7) is 3.22. The second kappa shape index (κ2) is 11.2. The average molecular weight is 445 g/mol. The first kappa shape index (κ1) is 21.6. The van der Waals surface area contributed by atoms with Crippen molar-refractivity contribution in [2.24, 2.45) is 11.7 Å². The minimum absolute atomic E-state index is 0.239. The van der Waals surface area contributed by atoms with Crippen LogP contribution in [-0.4, -0.2) is 37.7 Å². The van der Waals surface area contributed by atoms with Crippen LogP contribution in [0.1, 0.15) is 25.3 Å². The first-order valence-electron chi connectivity index (χ1n) is 9.11. The summed E-state index contributed by atoms with van der Waals surface area (Å²) in [5, 5.41) is 6.08. The molecule has 1 aliphatic rings. The smallest absolute Gasteiger partial charge is 0.250 e. The number of aromatic nitrogens is 1. The van der Waals surface area contributed by atoms with Crippen LogP contribution < -0.4 is 21.1 Å². The van der Waals surface area contributed by atoms with Gasteiger partial charge >= 0.3 is 0 Å². The van der Waals surface area contributed by atoms with Gasteiger partial charge in [0.25, 0.3) is 6.43 Å². The summed E-state index contributed by atoms with van der Waals surface area (Å²) in [4.78, 5) is 4.24. The molecule has 0 spiro atoms. The average Bonchev–Trinajstić information content (AvgIpc) is 3.48. The van der Waals surface area contributed by atoms with Crippen LogP contribution in [0.15, 0.2) is 40.3 Å². The summed E-state index contributed by atoms with van der Waals surface area (Å²) in [6.07, 6.45) is 4.32. The van der Waals surface area contributed by atoms with Gasteiger partial charge in [0.1, 0.15) is 6.61 Å². The lowest BCUT2D eigenvalue weighted by Gasteiger charge is -2.14. The summed E-state index contributed by atoms with van der Waals surface area (Å²) in [5.41, 5.74) is 8.58. The molecule has 5 nitrogen and oxygen atoms in total. The molecule has 0 bridgehead atoms. The van der Waals surface area contributed by atoms with Crippen molar-refractivity contribution in [3.8, 4) is 5.88 Å². The maximum absolute atomic E-state index is 12.2. The van der Waals surface area contributed by atoms with Crippen LogP contribution in [0.5, 0.6) is 5.88 Å². The molecule has 1 heterocycles. The van der Waals surface area contributed by atoms with Crippen molar-refractivity contribution >= 4 is 15.9 Å². The third-order valence-electron chi connectivity index (χ3n) is 4.20. The number of nitrogens with one attached hydrogen (secondary N) is 2. The van der Waals surface area contributed by atoms with Gasteiger partial charge in [0.15, 0.2) is 0 Å². The molecule has 1 fully saturated rings. The number of nitrogens with two attached hydrogens (primary N) is 1. The molecule has 0 aliphatic heterocycles. The first-order valence-corrected chi connectivity index (χ1v) is 9.90. The Bertz CT molecular complexity index is 663. The summed E-state index contributed by atoms with van der Waals surface area (Å²) in [5.74, 6) is 1.23. The molecule has 0 unspecified atom stereocenters. The molecular formula is C19H27BrF2N4O. The highest BCUT2D eigenvalue weighted by Gasteiger charge is 2.21. The van der Waals surface area contributed by atoms with E-state index in [2.05, 4.69) is 31.5 Å². The second-order valence-electron chi connectivity index (χ2n) is 6.45. The van der Waals surface area contributed by atoms with E-state index in [0.29, 0.717) is 24.5 Å². The van der Waals surface area contributed by atoms with Gasteiger partial charge in [-0.05, 0) is 60.6 Å². The Morgan fingerprint density at radius 3 is 2.93 bits per heavy atom. The molecule has 1 aromatic heterocycles. The molecule has 1 aromatic rings. The normalized spacial score (nSPS) is 15.7. The van der Waals surface area contributed by atoms with Crippen molar-refractivity contribution in [2.75, 3.05) is 26.2 Å². The van der Waals surface area contributed by atoms with Gasteiger partial charge in [-0.1, -0.05) is 12.1 Å². The van der Waals surface area contributed by atoms with Crippen molar-refractivity contribution in [2.45, 2.75) is 32.6 Å². The highest BCUT2D eigenvalue weighted by Crippen LogP contribution is 2.28. The van der Waals surface area contributed by atoms with Gasteiger partial charge in [0, 0.05) is 18.3 Å². The highest BCUT2D eigenvalue weighted by atomic mass is 79.9. The molecule has 4 N–H and O–H groups in total. The van der Waals surface area contributed by atoms with E-state index >= 15 is 0 Å². The fraction of sp³-hybridized carbons (Fsp3) is 0.526. The Balaban J connectivity index is 1.90. The van der Waals surface area contributed by atoms with Crippen LogP contribution in [0.4, 0.5) is 8.78 Å². The van der Waals surface area contributed by atoms with Gasteiger partial charge in [-0.15, -0.1) is 0 Å². The van der Waals surface area contributed by atoms with Gasteiger partial charge in [-0.2, -0.15) is 0 Å². The van der Waals surface area contributed by atoms with Crippen LogP contribution in [0, 0.1) is 5.92 Å². The van der Waals surface area contributed by atoms with Crippen LogP contribution >= 0.6 is 15.9 Å². The Morgan fingerprint density at radius 1 is 1.48 bits per heavy atom. The number of nitrogens with zero attached hydrogens (tertiary/aromatic N) is 1. The lowest BCUT2D eigenvalue weighted by atomic mass is 10.2. The van der Waals surface area contributed by atoms with E-state index in [9.17, 15) is 8.78 Å². The van der Waals surface area contributed by atoms with Crippen molar-refractivity contribution in [3.63, 3.8) is 0 Å². The largest absolute Gasteiger partial charge is 0.472 e. The van der Waals surface area contributed by atoms with Gasteiger partial charge < -0.3 is 21.1 Å². The van der Waals surface area contributed by atoms with Gasteiger partial charge in [0.2, 0.25) is 5.88 Å². The zero-order valence-corrected chi connectivity index (χ0v) is 17.1. The lowest BCUT2D eigenvalue weighted by molar-refractivity contribution is 0.146. The molecule has 0 amide bonds. The molecule has 0 saturated heterocycles. The minimum Gasteiger partial charge on any atom is -0.472 e. The maximum Gasteiger partial charge on any atom is 0.250 e. The molecule has 1 aliphatic carbocycles. The number of hydrogen-bond acceptors (Lipinski definition) is 5. The number of hydrogen-bond donors (Lipinski definition) is 3. The summed E-state index contributed by atoms with van der Waals surface area (Å²) in [6, 6.07) is 3.68. The first-order chi connectivity index (χ1) is 13.0. The molecule has 1 saturated carbocycles. The van der Waals surface area contributed by atoms with E-state index in [-0.39, 0.29) is 13.2 Å². The van der Waals surface area contributed by atoms with E-state index in [1.165, 1.54) is 12.8 Å². The minimum atomic E-state index is -2.35. The second-order valence-corrected chi connectivity index (χ2v) is 7.40. The SMILES string of the molecule is C/C=C(NCC1CC1)\C(N)=C(\Br)COc1ncccc1CCNCC(F)F. The fourth-order valence-corrected chi connectivity index (χ4v) is 2.79. The predicted molar refractivity (Wildman–Crippen MR) is 107 cm³/mol. The van der Waals surface area contributed by atoms with Gasteiger partial charge in [-0.3, -0.25) is 0 Å². The number of rotatable bonds is 12. The molecule has 2 rings (SSSR count). The lowest BCUT2D eigenvalue weighted by Crippen LogP contribution is -2.24. The van der Waals surface area contributed by atoms with E-state index < -0.39 is 6.43 Å². The topological polar surface area (TPSA) is 72.2 Å². The summed E-state index contributed by atoms with van der Waals surface area (Å²) < 4.78 is 30.9. The third-order valence-corrected chi connectivity index (χ3v) is 4.86. The van der Waals surface area contributed by atoms with E-state index in [1.807, 2.05) is 19.1 Å². The van der Waals surface area contributed by atoms with Gasteiger partial charge in [-0.25, -0.2) is 13.8 Å². The zero-order chi connectivity index (χ0) is 19.6. The molecule has 0 radical (unpaired) electrons. The molecular weight excluding hydrogens is 418 g/mol. The fourth-order valence-electron chi connectivity index (χ4n) is 2.46. The third kappa shape index (κ3) is 7.84. The highest BCUT2D eigenvalue weighted by molar-refractivity contribution is 9.11. The monoisotopic (exact) mass is 444 g/mol. The zero-order valence-electron chi connectivity index (χ0n) is 15.5. The van der Waals surface area contributed by atoms with E-state index in [1.54, 1.807) is 12.3 Å². The summed E-state index contributed by atoms with van der Waals surface area (Å²) >= 11 is 3.49. The van der Waals surface area contributed by atoms with Crippen molar-refractivity contribution in [3.05, 3.63) is 45.8 Å². The summed E-state index contributed by atoms with van der Waals surface area (Å²) in [7, 11) is 0. The Morgan fingerprint density at radius 2 is 2.26 bits per heavy atom. The Labute approximate surface area is 167 Å². The van der Waals surface area contributed by atoms with Crippen LogP contribution in [-0.2, 0) is 6.42 Å². The van der Waals surface area contributed by atoms with Gasteiger partial charge in [0.05, 0.1) is 22.4 Å². The van der Waals surface area contributed by atoms with Crippen LogP contribution in [0.2, 0.25) is 0 Å². The number of allylic oxidation sites excluding steroid dienone is 1. The van der Waals surface area contributed by atoms with Crippen LogP contribution in [0.25, 0.3) is 0 Å². The maximum atomic E-state index is 12.2. The number of alkyl halides is 2. The number of pyridine rings is 1. The van der Waals surface area contributed by atoms with Crippen LogP contribution in [0.3, 0.4) is 0 Å². The Hall–Kier alpha value is -1.67. The predicted octanol–water partition coefficient (Wildman–Crippen LogP) is 3.33. The molecule has 0 atom stereocenters. The number of ether oxygens (including phenoxy) is 1. The molecule has 27 heavy (non-hydrogen) atoms. The molecule has 8 heteroatoms. The van der Waals surface area contributed by atoms with Crippen molar-refractivity contribution in [1.82, 2.24) is 15.6 Å². The van der Waals surface area contributed by atoms with E-state index in [4.69, 9.17) is 10.5 Å².